The Balaban J connectivity index is 2.33. The fourth-order valence-electron chi connectivity index (χ4n) is 2.36. The molecule has 0 aliphatic rings. The lowest BCUT2D eigenvalue weighted by molar-refractivity contribution is -0.139. The molecule has 0 fully saturated rings. The minimum absolute atomic E-state index is 0.144. The first-order valence-corrected chi connectivity index (χ1v) is 9.92. The number of aryl methyl sites for hydroxylation is 1. The van der Waals surface area contributed by atoms with E-state index in [1.807, 2.05) is 13.0 Å². The number of nitrogens with one attached hydrogen (secondary N) is 1. The number of carbonyl (C=O) groups is 2. The Hall–Kier alpha value is -3.02. The molecule has 1 amide bonds. The molecule has 0 aliphatic heterocycles. The number of hydrogen-bond acceptors (Lipinski definition) is 5. The largest absolute Gasteiger partial charge is 0.490 e. The van der Waals surface area contributed by atoms with Gasteiger partial charge in [-0.2, -0.15) is 5.26 Å². The van der Waals surface area contributed by atoms with Gasteiger partial charge in [0.2, 0.25) is 0 Å². The van der Waals surface area contributed by atoms with E-state index in [9.17, 15) is 14.9 Å². The summed E-state index contributed by atoms with van der Waals surface area (Å²) in [6.07, 6.45) is 1.39. The monoisotopic (exact) mass is 492 g/mol. The first kappa shape index (κ1) is 23.3. The molecule has 2 N–H and O–H groups in total. The number of benzene rings is 2. The zero-order chi connectivity index (χ0) is 22.3. The van der Waals surface area contributed by atoms with Gasteiger partial charge < -0.3 is 19.9 Å². The standard InChI is InChI=1S/C21H18BrClN2O5/c1-3-29-18-7-13(16(22)9-19(18)30-11-20(26)27)6-14(10-24)21(28)25-15-5-4-12(2)17(23)8-15/h4-9H,3,11H2,1-2H3,(H,25,28)(H,26,27)/b14-6-. The molecule has 0 aliphatic carbocycles. The molecule has 0 bridgehead atoms. The van der Waals surface area contributed by atoms with E-state index in [4.69, 9.17) is 26.2 Å². The Morgan fingerprint density at radius 2 is 1.97 bits per heavy atom. The van der Waals surface area contributed by atoms with E-state index in [0.717, 1.165) is 5.56 Å². The topological polar surface area (TPSA) is 109 Å². The van der Waals surface area contributed by atoms with Crippen LogP contribution in [-0.4, -0.2) is 30.2 Å². The molecule has 156 valence electrons. The van der Waals surface area contributed by atoms with Gasteiger partial charge in [-0.1, -0.05) is 33.6 Å². The summed E-state index contributed by atoms with van der Waals surface area (Å²) in [6, 6.07) is 9.99. The molecule has 0 radical (unpaired) electrons. The number of aliphatic carboxylic acids is 1. The van der Waals surface area contributed by atoms with Crippen molar-refractivity contribution in [2.24, 2.45) is 0 Å². The Labute approximate surface area is 187 Å². The highest BCUT2D eigenvalue weighted by Crippen LogP contribution is 2.35. The van der Waals surface area contributed by atoms with E-state index in [-0.39, 0.29) is 17.1 Å². The van der Waals surface area contributed by atoms with Crippen molar-refractivity contribution in [3.05, 3.63) is 56.5 Å². The summed E-state index contributed by atoms with van der Waals surface area (Å²) >= 11 is 9.41. The number of ether oxygens (including phenoxy) is 2. The quantitative estimate of drug-likeness (QED) is 0.403. The van der Waals surface area contributed by atoms with Crippen LogP contribution < -0.4 is 14.8 Å². The van der Waals surface area contributed by atoms with E-state index >= 15 is 0 Å². The number of carboxylic acid groups (broad SMARTS) is 1. The van der Waals surface area contributed by atoms with Crippen molar-refractivity contribution in [2.45, 2.75) is 13.8 Å². The number of carboxylic acids is 1. The van der Waals surface area contributed by atoms with Crippen LogP contribution in [0.15, 0.2) is 40.4 Å². The van der Waals surface area contributed by atoms with Crippen molar-refractivity contribution < 1.29 is 24.2 Å². The van der Waals surface area contributed by atoms with Crippen LogP contribution in [0.25, 0.3) is 6.08 Å². The number of nitriles is 1. The van der Waals surface area contributed by atoms with Gasteiger partial charge in [0.25, 0.3) is 5.91 Å². The van der Waals surface area contributed by atoms with Crippen molar-refractivity contribution in [1.82, 2.24) is 0 Å². The van der Waals surface area contributed by atoms with Gasteiger partial charge >= 0.3 is 5.97 Å². The number of hydrogen-bond donors (Lipinski definition) is 2. The summed E-state index contributed by atoms with van der Waals surface area (Å²) in [5, 5.41) is 21.4. The molecule has 30 heavy (non-hydrogen) atoms. The summed E-state index contributed by atoms with van der Waals surface area (Å²) in [5.41, 5.74) is 1.66. The maximum absolute atomic E-state index is 12.5. The normalized spacial score (nSPS) is 10.8. The lowest BCUT2D eigenvalue weighted by atomic mass is 10.1. The highest BCUT2D eigenvalue weighted by Gasteiger charge is 2.15. The molecule has 7 nitrogen and oxygen atoms in total. The first-order valence-electron chi connectivity index (χ1n) is 8.75. The van der Waals surface area contributed by atoms with Gasteiger partial charge in [0, 0.05) is 15.2 Å². The third kappa shape index (κ3) is 6.24. The minimum Gasteiger partial charge on any atom is -0.490 e. The predicted octanol–water partition coefficient (Wildman–Crippen LogP) is 4.82. The average molecular weight is 494 g/mol. The Morgan fingerprint density at radius 3 is 2.57 bits per heavy atom. The second-order valence-corrected chi connectivity index (χ2v) is 7.29. The number of nitrogens with zero attached hydrogens (tertiary/aromatic N) is 1. The van der Waals surface area contributed by atoms with E-state index in [1.54, 1.807) is 31.2 Å². The first-order chi connectivity index (χ1) is 14.2. The molecule has 0 aromatic heterocycles. The molecule has 2 rings (SSSR count). The fraction of sp³-hybridized carbons (Fsp3) is 0.190. The number of amides is 1. The van der Waals surface area contributed by atoms with Crippen molar-refractivity contribution in [2.75, 3.05) is 18.5 Å². The smallest absolute Gasteiger partial charge is 0.341 e. The summed E-state index contributed by atoms with van der Waals surface area (Å²) in [7, 11) is 0. The van der Waals surface area contributed by atoms with Gasteiger partial charge in [-0.05, 0) is 55.3 Å². The third-order valence-corrected chi connectivity index (χ3v) is 4.90. The van der Waals surface area contributed by atoms with Crippen LogP contribution in [0.3, 0.4) is 0 Å². The number of anilines is 1. The molecule has 0 saturated carbocycles. The van der Waals surface area contributed by atoms with Crippen molar-refractivity contribution in [1.29, 1.82) is 5.26 Å². The summed E-state index contributed by atoms with van der Waals surface area (Å²) in [6.45, 7) is 3.38. The van der Waals surface area contributed by atoms with Crippen LogP contribution in [0.5, 0.6) is 11.5 Å². The molecule has 9 heteroatoms. The molecule has 0 unspecified atom stereocenters. The molecule has 2 aromatic carbocycles. The lowest BCUT2D eigenvalue weighted by Gasteiger charge is -2.13. The average Bonchev–Trinajstić information content (AvgIpc) is 2.69. The van der Waals surface area contributed by atoms with Crippen molar-refractivity contribution in [3.8, 4) is 17.6 Å². The maximum atomic E-state index is 12.5. The van der Waals surface area contributed by atoms with Crippen LogP contribution in [0.1, 0.15) is 18.1 Å². The second-order valence-electron chi connectivity index (χ2n) is 6.02. The van der Waals surface area contributed by atoms with Crippen LogP contribution >= 0.6 is 27.5 Å². The van der Waals surface area contributed by atoms with Gasteiger partial charge in [0.1, 0.15) is 11.6 Å². The minimum atomic E-state index is -1.13. The van der Waals surface area contributed by atoms with Gasteiger partial charge in [-0.3, -0.25) is 4.79 Å². The van der Waals surface area contributed by atoms with E-state index in [2.05, 4.69) is 21.2 Å². The number of carbonyl (C=O) groups excluding carboxylic acids is 1. The van der Waals surface area contributed by atoms with Gasteiger partial charge in [0.15, 0.2) is 18.1 Å². The highest BCUT2D eigenvalue weighted by atomic mass is 79.9. The molecule has 2 aromatic rings. The lowest BCUT2D eigenvalue weighted by Crippen LogP contribution is -2.13. The van der Waals surface area contributed by atoms with Crippen molar-refractivity contribution in [3.63, 3.8) is 0 Å². The predicted molar refractivity (Wildman–Crippen MR) is 117 cm³/mol. The molecule has 0 spiro atoms. The molecular weight excluding hydrogens is 476 g/mol. The third-order valence-electron chi connectivity index (χ3n) is 3.81. The van der Waals surface area contributed by atoms with E-state index < -0.39 is 18.5 Å². The van der Waals surface area contributed by atoms with Gasteiger partial charge in [-0.25, -0.2) is 4.79 Å². The summed E-state index contributed by atoms with van der Waals surface area (Å²) < 4.78 is 11.2. The fourth-order valence-corrected chi connectivity index (χ4v) is 2.97. The van der Waals surface area contributed by atoms with Crippen molar-refractivity contribution >= 4 is 51.2 Å². The Kier molecular flexibility index (Phi) is 8.27. The molecule has 0 heterocycles. The Morgan fingerprint density at radius 1 is 1.27 bits per heavy atom. The SMILES string of the molecule is CCOc1cc(/C=C(/C#N)C(=O)Nc2ccc(C)c(Cl)c2)c(Br)cc1OCC(=O)O. The van der Waals surface area contributed by atoms with Crippen LogP contribution in [0.4, 0.5) is 5.69 Å². The molecular formula is C21H18BrClN2O5. The maximum Gasteiger partial charge on any atom is 0.341 e. The van der Waals surface area contributed by atoms with Crippen LogP contribution in [0.2, 0.25) is 5.02 Å². The summed E-state index contributed by atoms with van der Waals surface area (Å²) in [4.78, 5) is 23.3. The highest BCUT2D eigenvalue weighted by molar-refractivity contribution is 9.10. The zero-order valence-corrected chi connectivity index (χ0v) is 18.5. The van der Waals surface area contributed by atoms with Gasteiger partial charge in [-0.15, -0.1) is 0 Å². The number of rotatable bonds is 8. The summed E-state index contributed by atoms with van der Waals surface area (Å²) in [5.74, 6) is -1.22. The Bertz CT molecular complexity index is 1050. The second kappa shape index (κ2) is 10.7. The van der Waals surface area contributed by atoms with E-state index in [0.29, 0.717) is 27.4 Å². The molecule has 0 saturated heterocycles. The van der Waals surface area contributed by atoms with Crippen LogP contribution in [0, 0.1) is 18.3 Å². The number of halogens is 2. The van der Waals surface area contributed by atoms with Gasteiger partial charge in [0.05, 0.1) is 6.61 Å². The van der Waals surface area contributed by atoms with Crippen LogP contribution in [-0.2, 0) is 9.59 Å². The molecule has 0 atom stereocenters. The zero-order valence-electron chi connectivity index (χ0n) is 16.2. The van der Waals surface area contributed by atoms with E-state index in [1.165, 1.54) is 12.1 Å².